The molecule has 2 aliphatic rings. The van der Waals surface area contributed by atoms with Crippen LogP contribution in [-0.2, 0) is 4.74 Å². The smallest absolute Gasteiger partial charge is 0.320 e. The number of methoxy groups -OCH3 is 1. The number of halogens is 4. The average molecular weight is 560 g/mol. The van der Waals surface area contributed by atoms with Crippen molar-refractivity contribution in [3.8, 4) is 28.8 Å². The molecule has 11 heteroatoms. The second kappa shape index (κ2) is 10.0. The fourth-order valence-electron chi connectivity index (χ4n) is 5.88. The Hall–Kier alpha value is -3.34. The first-order valence-electron chi connectivity index (χ1n) is 12.5. The third kappa shape index (κ3) is 4.50. The van der Waals surface area contributed by atoms with E-state index in [1.807, 2.05) is 0 Å². The number of nitrogens with zero attached hydrogens (tertiary/aromatic N) is 3. The van der Waals surface area contributed by atoms with Crippen molar-refractivity contribution in [1.82, 2.24) is 14.9 Å². The first kappa shape index (κ1) is 25.9. The molecule has 0 amide bonds. The van der Waals surface area contributed by atoms with Gasteiger partial charge < -0.3 is 19.3 Å². The van der Waals surface area contributed by atoms with Crippen molar-refractivity contribution >= 4 is 33.3 Å². The van der Waals surface area contributed by atoms with Crippen molar-refractivity contribution in [3.63, 3.8) is 0 Å². The molecule has 4 aromatic rings. The van der Waals surface area contributed by atoms with E-state index >= 15 is 8.78 Å². The molecule has 0 radical (unpaired) electrons. The van der Waals surface area contributed by atoms with Crippen LogP contribution in [0.15, 0.2) is 36.4 Å². The normalized spacial score (nSPS) is 21.1. The Morgan fingerprint density at radius 1 is 1.18 bits per heavy atom. The monoisotopic (exact) mass is 559 g/mol. The maximum Gasteiger partial charge on any atom is 0.320 e. The molecule has 0 spiro atoms. The number of ether oxygens (including phenoxy) is 3. The minimum absolute atomic E-state index is 0.0714. The first-order valence-corrected chi connectivity index (χ1v) is 12.9. The predicted molar refractivity (Wildman–Crippen MR) is 140 cm³/mol. The van der Waals surface area contributed by atoms with Gasteiger partial charge in [0.05, 0.1) is 16.5 Å². The molecule has 2 saturated heterocycles. The van der Waals surface area contributed by atoms with Crippen molar-refractivity contribution in [1.29, 1.82) is 0 Å². The molecular weight excluding hydrogens is 535 g/mol. The third-order valence-corrected chi connectivity index (χ3v) is 7.90. The van der Waals surface area contributed by atoms with Crippen LogP contribution in [0.2, 0.25) is 5.02 Å². The van der Waals surface area contributed by atoms with Gasteiger partial charge in [-0.2, -0.15) is 9.97 Å². The van der Waals surface area contributed by atoms with Crippen LogP contribution in [0.3, 0.4) is 0 Å². The number of hydrogen-bond acceptors (Lipinski definition) is 7. The predicted octanol–water partition coefficient (Wildman–Crippen LogP) is 6.03. The van der Waals surface area contributed by atoms with E-state index in [1.54, 1.807) is 24.3 Å². The van der Waals surface area contributed by atoms with Gasteiger partial charge in [0.15, 0.2) is 12.6 Å². The molecule has 1 aromatic heterocycles. The number of hydrogen-bond donors (Lipinski definition) is 1. The molecule has 3 heterocycles. The van der Waals surface area contributed by atoms with Crippen LogP contribution in [0.1, 0.15) is 19.3 Å². The van der Waals surface area contributed by atoms with Gasteiger partial charge in [0.2, 0.25) is 5.88 Å². The zero-order valence-electron chi connectivity index (χ0n) is 21.0. The van der Waals surface area contributed by atoms with Crippen LogP contribution in [0.4, 0.5) is 13.2 Å². The highest BCUT2D eigenvalue weighted by molar-refractivity contribution is 6.36. The number of benzene rings is 3. The van der Waals surface area contributed by atoms with Crippen LogP contribution in [0, 0.1) is 11.6 Å². The van der Waals surface area contributed by atoms with Crippen LogP contribution in [0.25, 0.3) is 32.8 Å². The van der Waals surface area contributed by atoms with E-state index < -0.39 is 34.8 Å². The van der Waals surface area contributed by atoms with E-state index in [0.29, 0.717) is 29.5 Å². The Morgan fingerprint density at radius 3 is 2.85 bits per heavy atom. The number of rotatable bonds is 7. The fraction of sp³-hybridized carbons (Fsp3) is 0.357. The van der Waals surface area contributed by atoms with Crippen molar-refractivity contribution in [2.45, 2.75) is 31.0 Å². The summed E-state index contributed by atoms with van der Waals surface area (Å²) >= 11 is 6.47. The van der Waals surface area contributed by atoms with Crippen molar-refractivity contribution < 1.29 is 32.5 Å². The maximum absolute atomic E-state index is 16.2. The first-order chi connectivity index (χ1) is 18.8. The van der Waals surface area contributed by atoms with Gasteiger partial charge in [0.25, 0.3) is 0 Å². The topological polar surface area (TPSA) is 76.9 Å². The Balaban J connectivity index is 1.45. The van der Waals surface area contributed by atoms with Gasteiger partial charge in [-0.3, -0.25) is 4.90 Å². The molecule has 0 saturated carbocycles. The van der Waals surface area contributed by atoms with Crippen LogP contribution >= 0.6 is 11.6 Å². The van der Waals surface area contributed by atoms with Crippen LogP contribution < -0.4 is 9.47 Å². The highest BCUT2D eigenvalue weighted by Gasteiger charge is 2.49. The molecule has 6 rings (SSSR count). The SMILES string of the molecule is COCOc1cc(-c2c(F)cc3c(O)nc(OC[C@@]45CCCN4C[C@H](F)C5)nc3c2F)c2c(Cl)cccc2c1. The largest absolute Gasteiger partial charge is 0.493 e. The van der Waals surface area contributed by atoms with E-state index in [2.05, 4.69) is 14.9 Å². The fourth-order valence-corrected chi connectivity index (χ4v) is 6.16. The lowest BCUT2D eigenvalue weighted by Gasteiger charge is -2.30. The summed E-state index contributed by atoms with van der Waals surface area (Å²) in [6, 6.07) is 8.95. The average Bonchev–Trinajstić information content (AvgIpc) is 3.42. The molecule has 0 unspecified atom stereocenters. The van der Waals surface area contributed by atoms with E-state index in [-0.39, 0.29) is 40.9 Å². The third-order valence-electron chi connectivity index (χ3n) is 7.59. The Bertz CT molecular complexity index is 1590. The summed E-state index contributed by atoms with van der Waals surface area (Å²) in [5.74, 6) is -2.28. The molecule has 3 aromatic carbocycles. The summed E-state index contributed by atoms with van der Waals surface area (Å²) in [4.78, 5) is 10.2. The highest BCUT2D eigenvalue weighted by Crippen LogP contribution is 2.43. The van der Waals surface area contributed by atoms with Gasteiger partial charge in [0, 0.05) is 36.0 Å². The van der Waals surface area contributed by atoms with Crippen molar-refractivity contribution in [3.05, 3.63) is 53.1 Å². The Morgan fingerprint density at radius 2 is 2.03 bits per heavy atom. The zero-order chi connectivity index (χ0) is 27.3. The van der Waals surface area contributed by atoms with E-state index in [9.17, 15) is 9.50 Å². The molecule has 1 N–H and O–H groups in total. The summed E-state index contributed by atoms with van der Waals surface area (Å²) in [5.41, 5.74) is -1.07. The minimum Gasteiger partial charge on any atom is -0.493 e. The molecule has 0 bridgehead atoms. The lowest BCUT2D eigenvalue weighted by atomic mass is 9.95. The number of fused-ring (bicyclic) bond motifs is 3. The molecule has 0 aliphatic carbocycles. The van der Waals surface area contributed by atoms with Crippen LogP contribution in [0.5, 0.6) is 17.6 Å². The zero-order valence-corrected chi connectivity index (χ0v) is 21.8. The minimum atomic E-state index is -1.02. The lowest BCUT2D eigenvalue weighted by molar-refractivity contribution is 0.0512. The summed E-state index contributed by atoms with van der Waals surface area (Å²) in [5, 5.41) is 11.6. The quantitative estimate of drug-likeness (QED) is 0.277. The van der Waals surface area contributed by atoms with Gasteiger partial charge in [-0.05, 0) is 49.0 Å². The molecule has 2 atom stereocenters. The van der Waals surface area contributed by atoms with E-state index in [4.69, 9.17) is 25.8 Å². The molecular formula is C28H25ClF3N3O4. The molecule has 7 nitrogen and oxygen atoms in total. The lowest BCUT2D eigenvalue weighted by Crippen LogP contribution is -2.43. The molecule has 2 fully saturated rings. The number of aromatic hydroxyl groups is 1. The van der Waals surface area contributed by atoms with Crippen molar-refractivity contribution in [2.75, 3.05) is 33.6 Å². The van der Waals surface area contributed by atoms with Gasteiger partial charge in [-0.15, -0.1) is 0 Å². The van der Waals surface area contributed by atoms with E-state index in [0.717, 1.165) is 25.5 Å². The van der Waals surface area contributed by atoms with Gasteiger partial charge in [-0.25, -0.2) is 13.2 Å². The molecule has 2 aliphatic heterocycles. The molecule has 204 valence electrons. The Labute approximate surface area is 227 Å². The number of alkyl halides is 1. The Kier molecular flexibility index (Phi) is 6.65. The highest BCUT2D eigenvalue weighted by atomic mass is 35.5. The van der Waals surface area contributed by atoms with Gasteiger partial charge >= 0.3 is 6.01 Å². The maximum atomic E-state index is 16.2. The molecule has 39 heavy (non-hydrogen) atoms. The second-order valence-corrected chi connectivity index (χ2v) is 10.4. The standard InChI is InChI=1S/C28H25ClF3N3O4/c1-37-14-39-17-8-15-4-2-5-20(29)22(15)18(9-17)23-21(31)10-19-25(24(23)32)33-27(34-26(19)36)38-13-28-6-3-7-35(28)12-16(30)11-28/h2,4-5,8-10,16H,3,6-7,11-14H2,1H3,(H,33,34,36)/t16-,28+/m1/s1. The van der Waals surface area contributed by atoms with Gasteiger partial charge in [0.1, 0.15) is 29.9 Å². The summed E-state index contributed by atoms with van der Waals surface area (Å²) in [7, 11) is 1.46. The number of aromatic nitrogens is 2. The van der Waals surface area contributed by atoms with Gasteiger partial charge in [-0.1, -0.05) is 23.7 Å². The summed E-state index contributed by atoms with van der Waals surface area (Å²) < 4.78 is 62.2. The summed E-state index contributed by atoms with van der Waals surface area (Å²) in [6.07, 6.45) is 1.05. The van der Waals surface area contributed by atoms with E-state index in [1.165, 1.54) is 13.2 Å². The summed E-state index contributed by atoms with van der Waals surface area (Å²) in [6.45, 7) is 1.13. The van der Waals surface area contributed by atoms with Crippen LogP contribution in [-0.4, -0.2) is 65.3 Å². The second-order valence-electron chi connectivity index (χ2n) is 10.00. The van der Waals surface area contributed by atoms with Crippen molar-refractivity contribution in [2.24, 2.45) is 0 Å².